The Morgan fingerprint density at radius 2 is 2.24 bits per heavy atom. The second kappa shape index (κ2) is 5.61. The van der Waals surface area contributed by atoms with E-state index in [-0.39, 0.29) is 5.56 Å². The molecule has 0 amide bonds. The highest BCUT2D eigenvalue weighted by Gasteiger charge is 2.04. The molecular formula is C13H15N7O. The van der Waals surface area contributed by atoms with Crippen LogP contribution in [0.1, 0.15) is 12.2 Å². The van der Waals surface area contributed by atoms with Crippen LogP contribution in [-0.4, -0.2) is 31.7 Å². The van der Waals surface area contributed by atoms with Crippen LogP contribution >= 0.6 is 0 Å². The molecule has 0 spiro atoms. The smallest absolute Gasteiger partial charge is 0.260 e. The molecule has 0 saturated heterocycles. The zero-order chi connectivity index (χ0) is 14.7. The quantitative estimate of drug-likeness (QED) is 0.403. The van der Waals surface area contributed by atoms with E-state index in [1.165, 1.54) is 6.33 Å². The van der Waals surface area contributed by atoms with Gasteiger partial charge in [0.15, 0.2) is 0 Å². The fourth-order valence-electron chi connectivity index (χ4n) is 2.05. The SMILES string of the molecule is Nc1ccc2nc(NCCCc3ncn[nH]3)[nH]c(=O)c2c1. The van der Waals surface area contributed by atoms with E-state index in [9.17, 15) is 4.79 Å². The Morgan fingerprint density at radius 1 is 1.33 bits per heavy atom. The van der Waals surface area contributed by atoms with E-state index < -0.39 is 0 Å². The van der Waals surface area contributed by atoms with Gasteiger partial charge in [-0.3, -0.25) is 14.9 Å². The van der Waals surface area contributed by atoms with E-state index in [1.807, 2.05) is 0 Å². The van der Waals surface area contributed by atoms with Crippen molar-refractivity contribution in [3.63, 3.8) is 0 Å². The molecule has 3 aromatic rings. The number of nitrogen functional groups attached to an aromatic ring is 1. The van der Waals surface area contributed by atoms with Gasteiger partial charge in [-0.2, -0.15) is 5.10 Å². The van der Waals surface area contributed by atoms with Crippen LogP contribution in [0.15, 0.2) is 29.3 Å². The Labute approximate surface area is 119 Å². The molecule has 8 nitrogen and oxygen atoms in total. The van der Waals surface area contributed by atoms with Gasteiger partial charge in [0, 0.05) is 18.7 Å². The van der Waals surface area contributed by atoms with Crippen LogP contribution in [0.5, 0.6) is 0 Å². The average molecular weight is 285 g/mol. The number of nitrogens with two attached hydrogens (primary N) is 1. The molecule has 0 aliphatic carbocycles. The van der Waals surface area contributed by atoms with Crippen molar-refractivity contribution in [2.75, 3.05) is 17.6 Å². The third-order valence-corrected chi connectivity index (χ3v) is 3.08. The maximum absolute atomic E-state index is 12.0. The first-order chi connectivity index (χ1) is 10.2. The Hall–Kier alpha value is -2.90. The number of hydrogen-bond acceptors (Lipinski definition) is 6. The third kappa shape index (κ3) is 2.99. The second-order valence-corrected chi connectivity index (χ2v) is 4.65. The van der Waals surface area contributed by atoms with Crippen LogP contribution in [0.3, 0.4) is 0 Å². The summed E-state index contributed by atoms with van der Waals surface area (Å²) in [5, 5.41) is 10.2. The third-order valence-electron chi connectivity index (χ3n) is 3.08. The lowest BCUT2D eigenvalue weighted by Gasteiger charge is -2.06. The van der Waals surface area contributed by atoms with Crippen molar-refractivity contribution in [2.45, 2.75) is 12.8 Å². The monoisotopic (exact) mass is 285 g/mol. The maximum Gasteiger partial charge on any atom is 0.260 e. The molecule has 0 aliphatic rings. The van der Waals surface area contributed by atoms with Gasteiger partial charge in [-0.25, -0.2) is 9.97 Å². The number of fused-ring (bicyclic) bond motifs is 1. The van der Waals surface area contributed by atoms with Gasteiger partial charge >= 0.3 is 0 Å². The zero-order valence-electron chi connectivity index (χ0n) is 11.3. The number of nitrogens with one attached hydrogen (secondary N) is 3. The molecule has 0 aliphatic heterocycles. The van der Waals surface area contributed by atoms with Gasteiger partial charge in [-0.1, -0.05) is 0 Å². The van der Waals surface area contributed by atoms with Gasteiger partial charge < -0.3 is 11.1 Å². The first-order valence-corrected chi connectivity index (χ1v) is 6.60. The van der Waals surface area contributed by atoms with Crippen molar-refractivity contribution in [3.05, 3.63) is 40.7 Å². The second-order valence-electron chi connectivity index (χ2n) is 4.65. The summed E-state index contributed by atoms with van der Waals surface area (Å²) in [7, 11) is 0. The summed E-state index contributed by atoms with van der Waals surface area (Å²) < 4.78 is 0. The fourth-order valence-corrected chi connectivity index (χ4v) is 2.05. The highest BCUT2D eigenvalue weighted by Crippen LogP contribution is 2.12. The number of rotatable bonds is 5. The number of anilines is 2. The molecule has 3 rings (SSSR count). The predicted molar refractivity (Wildman–Crippen MR) is 80.0 cm³/mol. The average Bonchev–Trinajstić information content (AvgIpc) is 2.98. The van der Waals surface area contributed by atoms with Crippen LogP contribution < -0.4 is 16.6 Å². The van der Waals surface area contributed by atoms with Gasteiger partial charge in [0.1, 0.15) is 12.2 Å². The molecule has 5 N–H and O–H groups in total. The molecule has 0 fully saturated rings. The molecule has 108 valence electrons. The molecule has 0 bridgehead atoms. The zero-order valence-corrected chi connectivity index (χ0v) is 11.3. The topological polar surface area (TPSA) is 125 Å². The molecule has 21 heavy (non-hydrogen) atoms. The van der Waals surface area contributed by atoms with Crippen LogP contribution in [0, 0.1) is 0 Å². The van der Waals surface area contributed by atoms with Gasteiger partial charge in [0.25, 0.3) is 5.56 Å². The Balaban J connectivity index is 1.67. The minimum atomic E-state index is -0.204. The van der Waals surface area contributed by atoms with E-state index in [1.54, 1.807) is 18.2 Å². The van der Waals surface area contributed by atoms with Crippen LogP contribution in [0.25, 0.3) is 10.9 Å². The highest BCUT2D eigenvalue weighted by atomic mass is 16.1. The van der Waals surface area contributed by atoms with Crippen LogP contribution in [0.4, 0.5) is 11.6 Å². The number of H-pyrrole nitrogens is 2. The molecule has 8 heteroatoms. The number of hydrogen-bond donors (Lipinski definition) is 4. The van der Waals surface area contributed by atoms with Gasteiger partial charge in [-0.15, -0.1) is 0 Å². The first-order valence-electron chi connectivity index (χ1n) is 6.60. The standard InChI is InChI=1S/C13H15N7O/c14-8-3-4-10-9(6-8)12(21)19-13(18-10)15-5-1-2-11-16-7-17-20-11/h3-4,6-7H,1-2,5,14H2,(H,16,17,20)(H2,15,18,19,21). The minimum Gasteiger partial charge on any atom is -0.399 e. The van der Waals surface area contributed by atoms with Gasteiger partial charge in [0.2, 0.25) is 5.95 Å². The Kier molecular flexibility index (Phi) is 3.50. The summed E-state index contributed by atoms with van der Waals surface area (Å²) in [5.74, 6) is 1.29. The van der Waals surface area contributed by atoms with E-state index in [2.05, 4.69) is 30.5 Å². The summed E-state index contributed by atoms with van der Waals surface area (Å²) in [6.45, 7) is 0.671. The van der Waals surface area contributed by atoms with Crippen molar-refractivity contribution in [1.82, 2.24) is 25.1 Å². The molecule has 2 aromatic heterocycles. The van der Waals surface area contributed by atoms with E-state index >= 15 is 0 Å². The minimum absolute atomic E-state index is 0.204. The molecule has 2 heterocycles. The summed E-state index contributed by atoms with van der Waals surface area (Å²) >= 11 is 0. The van der Waals surface area contributed by atoms with Crippen molar-refractivity contribution >= 4 is 22.5 Å². The lowest BCUT2D eigenvalue weighted by Crippen LogP contribution is -2.14. The summed E-state index contributed by atoms with van der Waals surface area (Å²) in [6, 6.07) is 5.08. The fraction of sp³-hybridized carbons (Fsp3) is 0.231. The van der Waals surface area contributed by atoms with Gasteiger partial charge in [0.05, 0.1) is 10.9 Å². The number of nitrogens with zero attached hydrogens (tertiary/aromatic N) is 3. The lowest BCUT2D eigenvalue weighted by atomic mass is 10.2. The number of aryl methyl sites for hydroxylation is 1. The molecule has 0 atom stereocenters. The highest BCUT2D eigenvalue weighted by molar-refractivity contribution is 5.81. The van der Waals surface area contributed by atoms with Crippen molar-refractivity contribution in [1.29, 1.82) is 0 Å². The largest absolute Gasteiger partial charge is 0.399 e. The first kappa shape index (κ1) is 13.1. The summed E-state index contributed by atoms with van der Waals surface area (Å²) in [6.07, 6.45) is 3.11. The molecular weight excluding hydrogens is 270 g/mol. The van der Waals surface area contributed by atoms with Crippen molar-refractivity contribution < 1.29 is 0 Å². The van der Waals surface area contributed by atoms with Crippen LogP contribution in [-0.2, 0) is 6.42 Å². The van der Waals surface area contributed by atoms with E-state index in [0.29, 0.717) is 29.1 Å². The molecule has 0 unspecified atom stereocenters. The molecule has 0 radical (unpaired) electrons. The predicted octanol–water partition coefficient (Wildman–Crippen LogP) is 0.668. The van der Waals surface area contributed by atoms with Crippen molar-refractivity contribution in [2.24, 2.45) is 0 Å². The van der Waals surface area contributed by atoms with Crippen molar-refractivity contribution in [3.8, 4) is 0 Å². The molecule has 1 aromatic carbocycles. The van der Waals surface area contributed by atoms with E-state index in [0.717, 1.165) is 18.7 Å². The summed E-state index contributed by atoms with van der Waals surface area (Å²) in [4.78, 5) is 23.1. The number of benzene rings is 1. The summed E-state index contributed by atoms with van der Waals surface area (Å²) in [5.41, 5.74) is 6.62. The van der Waals surface area contributed by atoms with Gasteiger partial charge in [-0.05, 0) is 24.6 Å². The van der Waals surface area contributed by atoms with E-state index in [4.69, 9.17) is 5.73 Å². The van der Waals surface area contributed by atoms with Crippen LogP contribution in [0.2, 0.25) is 0 Å². The Morgan fingerprint density at radius 3 is 3.05 bits per heavy atom. The maximum atomic E-state index is 12.0. The number of aromatic nitrogens is 5. The normalized spacial score (nSPS) is 10.9. The number of aromatic amines is 2. The Bertz CT molecular complexity index is 794. The lowest BCUT2D eigenvalue weighted by molar-refractivity contribution is 0.800. The molecule has 0 saturated carbocycles.